The molecule has 5 nitrogen and oxygen atoms in total. The molecule has 1 aromatic carbocycles. The summed E-state index contributed by atoms with van der Waals surface area (Å²) in [7, 11) is -3.38. The molecule has 0 unspecified atom stereocenters. The molecule has 0 heterocycles. The predicted octanol–water partition coefficient (Wildman–Crippen LogP) is 1.50. The van der Waals surface area contributed by atoms with Crippen LogP contribution in [0.2, 0.25) is 0 Å². The fraction of sp³-hybridized carbons (Fsp3) is 0.462. The Morgan fingerprint density at radius 3 is 2.65 bits per heavy atom. The maximum atomic E-state index is 12.0. The highest BCUT2D eigenvalue weighted by Gasteiger charge is 2.19. The zero-order valence-electron chi connectivity index (χ0n) is 11.6. The van der Waals surface area contributed by atoms with Gasteiger partial charge in [0.05, 0.1) is 22.4 Å². The number of anilines is 1. The van der Waals surface area contributed by atoms with Crippen LogP contribution in [0.4, 0.5) is 5.69 Å². The number of hydrogen-bond donors (Lipinski definition) is 2. The lowest BCUT2D eigenvalue weighted by atomic mass is 10.2. The average molecular weight is 316 g/mol. The third kappa shape index (κ3) is 4.50. The van der Waals surface area contributed by atoms with E-state index in [1.54, 1.807) is 36.9 Å². The van der Waals surface area contributed by atoms with E-state index in [1.165, 1.54) is 6.07 Å². The van der Waals surface area contributed by atoms with Crippen molar-refractivity contribution in [3.05, 3.63) is 24.3 Å². The second-order valence-electron chi connectivity index (χ2n) is 4.28. The maximum absolute atomic E-state index is 12.0. The molecule has 0 aliphatic heterocycles. The summed E-state index contributed by atoms with van der Waals surface area (Å²) in [5.41, 5.74) is 6.06. The summed E-state index contributed by atoms with van der Waals surface area (Å²) in [4.78, 5) is 12.1. The van der Waals surface area contributed by atoms with Crippen molar-refractivity contribution in [2.24, 2.45) is 5.73 Å². The highest BCUT2D eigenvalue weighted by Crippen LogP contribution is 2.22. The number of para-hydroxylation sites is 1. The number of nitrogens with one attached hydrogen (secondary N) is 1. The maximum Gasteiger partial charge on any atom is 0.241 e. The van der Waals surface area contributed by atoms with Crippen molar-refractivity contribution in [3.8, 4) is 0 Å². The van der Waals surface area contributed by atoms with E-state index in [9.17, 15) is 13.2 Å². The van der Waals surface area contributed by atoms with Crippen LogP contribution in [0.15, 0.2) is 29.2 Å². The number of nitrogens with two attached hydrogens (primary N) is 1. The predicted molar refractivity (Wildman–Crippen MR) is 83.8 cm³/mol. The van der Waals surface area contributed by atoms with Crippen LogP contribution in [0.25, 0.3) is 0 Å². The first-order valence-electron chi connectivity index (χ1n) is 6.29. The van der Waals surface area contributed by atoms with Crippen molar-refractivity contribution in [1.82, 2.24) is 0 Å². The molecule has 0 radical (unpaired) electrons. The zero-order chi connectivity index (χ0) is 15.2. The van der Waals surface area contributed by atoms with Crippen LogP contribution in [0, 0.1) is 0 Å². The lowest BCUT2D eigenvalue weighted by molar-refractivity contribution is -0.117. The molecule has 0 saturated carbocycles. The Morgan fingerprint density at radius 2 is 2.05 bits per heavy atom. The molecular weight excluding hydrogens is 296 g/mol. The molecule has 0 saturated heterocycles. The van der Waals surface area contributed by atoms with Crippen LogP contribution in [0.3, 0.4) is 0 Å². The van der Waals surface area contributed by atoms with Crippen molar-refractivity contribution < 1.29 is 13.2 Å². The minimum Gasteiger partial charge on any atom is -0.324 e. The van der Waals surface area contributed by atoms with Crippen molar-refractivity contribution in [3.63, 3.8) is 0 Å². The molecule has 20 heavy (non-hydrogen) atoms. The van der Waals surface area contributed by atoms with Gasteiger partial charge in [-0.1, -0.05) is 19.1 Å². The summed E-state index contributed by atoms with van der Waals surface area (Å²) in [6, 6.07) is 5.73. The Balaban J connectivity index is 2.91. The first kappa shape index (κ1) is 17.0. The van der Waals surface area contributed by atoms with E-state index >= 15 is 0 Å². The Bertz CT molecular complexity index is 558. The van der Waals surface area contributed by atoms with Crippen molar-refractivity contribution >= 4 is 33.2 Å². The second-order valence-corrected chi connectivity index (χ2v) is 7.51. The monoisotopic (exact) mass is 316 g/mol. The third-order valence-electron chi connectivity index (χ3n) is 2.83. The Morgan fingerprint density at radius 1 is 1.40 bits per heavy atom. The van der Waals surface area contributed by atoms with Gasteiger partial charge in [0.15, 0.2) is 9.84 Å². The van der Waals surface area contributed by atoms with Gasteiger partial charge in [-0.25, -0.2) is 8.42 Å². The van der Waals surface area contributed by atoms with Crippen LogP contribution in [-0.4, -0.2) is 38.1 Å². The Labute approximate surface area is 124 Å². The van der Waals surface area contributed by atoms with Gasteiger partial charge in [0.25, 0.3) is 0 Å². The Kier molecular flexibility index (Phi) is 6.51. The molecule has 1 aromatic rings. The van der Waals surface area contributed by atoms with Gasteiger partial charge in [0.2, 0.25) is 5.91 Å². The summed E-state index contributed by atoms with van der Waals surface area (Å²) in [6.07, 6.45) is 2.49. The number of amides is 1. The number of sulfone groups is 1. The number of thioether (sulfide) groups is 1. The minimum atomic E-state index is -3.38. The van der Waals surface area contributed by atoms with Gasteiger partial charge >= 0.3 is 0 Å². The molecule has 1 rings (SSSR count). The largest absolute Gasteiger partial charge is 0.324 e. The molecule has 0 aliphatic rings. The normalized spacial score (nSPS) is 12.9. The number of rotatable bonds is 7. The van der Waals surface area contributed by atoms with Crippen molar-refractivity contribution in [1.29, 1.82) is 0 Å². The molecule has 0 aliphatic carbocycles. The molecule has 0 bridgehead atoms. The molecule has 112 valence electrons. The van der Waals surface area contributed by atoms with E-state index in [4.69, 9.17) is 5.73 Å². The van der Waals surface area contributed by atoms with Crippen LogP contribution < -0.4 is 11.1 Å². The third-order valence-corrected chi connectivity index (χ3v) is 5.26. The van der Waals surface area contributed by atoms with E-state index in [-0.39, 0.29) is 16.6 Å². The fourth-order valence-electron chi connectivity index (χ4n) is 1.60. The number of carbonyl (C=O) groups is 1. The van der Waals surface area contributed by atoms with Crippen molar-refractivity contribution in [2.45, 2.75) is 24.3 Å². The topological polar surface area (TPSA) is 89.3 Å². The first-order valence-corrected chi connectivity index (χ1v) is 9.34. The number of benzene rings is 1. The number of hydrogen-bond acceptors (Lipinski definition) is 5. The van der Waals surface area contributed by atoms with Gasteiger partial charge in [0, 0.05) is 0 Å². The van der Waals surface area contributed by atoms with Gasteiger partial charge in [0.1, 0.15) is 0 Å². The van der Waals surface area contributed by atoms with Gasteiger partial charge in [-0.2, -0.15) is 11.8 Å². The fourth-order valence-corrected chi connectivity index (χ4v) is 3.14. The van der Waals surface area contributed by atoms with Crippen LogP contribution in [0.5, 0.6) is 0 Å². The van der Waals surface area contributed by atoms with Gasteiger partial charge in [-0.3, -0.25) is 4.79 Å². The van der Waals surface area contributed by atoms with Crippen molar-refractivity contribution in [2.75, 3.05) is 23.1 Å². The lowest BCUT2D eigenvalue weighted by Gasteiger charge is -2.14. The summed E-state index contributed by atoms with van der Waals surface area (Å²) in [6.45, 7) is 1.57. The molecular formula is C13H20N2O3S2. The van der Waals surface area contributed by atoms with Crippen LogP contribution >= 0.6 is 11.8 Å². The first-order chi connectivity index (χ1) is 9.42. The standard InChI is InChI=1S/C13H20N2O3S2/c1-3-20(17,18)12-7-5-4-6-11(12)15-13(16)10(14)8-9-19-2/h4-7,10H,3,8-9,14H2,1-2H3,(H,15,16)/t10-/m1/s1. The van der Waals surface area contributed by atoms with E-state index in [0.717, 1.165) is 5.75 Å². The highest BCUT2D eigenvalue weighted by atomic mass is 32.2. The second kappa shape index (κ2) is 7.66. The highest BCUT2D eigenvalue weighted by molar-refractivity contribution is 7.98. The molecule has 0 spiro atoms. The van der Waals surface area contributed by atoms with E-state index in [2.05, 4.69) is 5.32 Å². The Hall–Kier alpha value is -1.05. The van der Waals surface area contributed by atoms with Crippen LogP contribution in [-0.2, 0) is 14.6 Å². The van der Waals surface area contributed by atoms with Gasteiger partial charge in [-0.05, 0) is 30.6 Å². The number of carbonyl (C=O) groups excluding carboxylic acids is 1. The lowest BCUT2D eigenvalue weighted by Crippen LogP contribution is -2.36. The minimum absolute atomic E-state index is 0.0155. The molecule has 3 N–H and O–H groups in total. The molecule has 0 aromatic heterocycles. The quantitative estimate of drug-likeness (QED) is 0.795. The van der Waals surface area contributed by atoms with E-state index in [0.29, 0.717) is 12.1 Å². The summed E-state index contributed by atoms with van der Waals surface area (Å²) < 4.78 is 23.9. The average Bonchev–Trinajstić information content (AvgIpc) is 2.45. The zero-order valence-corrected chi connectivity index (χ0v) is 13.3. The summed E-state index contributed by atoms with van der Waals surface area (Å²) in [5.74, 6) is 0.403. The SMILES string of the molecule is CCS(=O)(=O)c1ccccc1NC(=O)[C@H](N)CCSC. The molecule has 1 amide bonds. The molecule has 0 fully saturated rings. The van der Waals surface area contributed by atoms with Gasteiger partial charge < -0.3 is 11.1 Å². The van der Waals surface area contributed by atoms with Gasteiger partial charge in [-0.15, -0.1) is 0 Å². The molecule has 7 heteroatoms. The smallest absolute Gasteiger partial charge is 0.241 e. The summed E-state index contributed by atoms with van der Waals surface area (Å²) >= 11 is 1.61. The summed E-state index contributed by atoms with van der Waals surface area (Å²) in [5, 5.41) is 2.61. The van der Waals surface area contributed by atoms with E-state index in [1.807, 2.05) is 6.26 Å². The molecule has 1 atom stereocenters. The van der Waals surface area contributed by atoms with E-state index < -0.39 is 15.9 Å². The van der Waals surface area contributed by atoms with Crippen LogP contribution in [0.1, 0.15) is 13.3 Å².